The van der Waals surface area contributed by atoms with Gasteiger partial charge in [0.05, 0.1) is 34.1 Å². The number of carbonyl (C=O) groups is 1. The van der Waals surface area contributed by atoms with Crippen molar-refractivity contribution in [1.82, 2.24) is 4.90 Å². The van der Waals surface area contributed by atoms with Crippen LogP contribution in [0.1, 0.15) is 17.5 Å². The third-order valence-electron chi connectivity index (χ3n) is 6.21. The summed E-state index contributed by atoms with van der Waals surface area (Å²) in [6, 6.07) is 9.93. The molecule has 1 aliphatic heterocycles. The Morgan fingerprint density at radius 2 is 1.50 bits per heavy atom. The molecular weight excluding hydrogens is 408 g/mol. The van der Waals surface area contributed by atoms with E-state index in [0.29, 0.717) is 36.8 Å². The molecule has 0 unspecified atom stereocenters. The van der Waals surface area contributed by atoms with Crippen molar-refractivity contribution in [2.75, 3.05) is 59.5 Å². The second-order valence-corrected chi connectivity index (χ2v) is 7.83. The van der Waals surface area contributed by atoms with Gasteiger partial charge in [0, 0.05) is 37.3 Å². The largest absolute Gasteiger partial charge is 0.495 e. The summed E-state index contributed by atoms with van der Waals surface area (Å²) in [6.07, 6.45) is 3.36. The van der Waals surface area contributed by atoms with Gasteiger partial charge >= 0.3 is 0 Å². The number of rotatable bonds is 6. The lowest BCUT2D eigenvalue weighted by Crippen LogP contribution is -2.49. The van der Waals surface area contributed by atoms with E-state index in [-0.39, 0.29) is 5.91 Å². The molecule has 0 saturated carbocycles. The summed E-state index contributed by atoms with van der Waals surface area (Å²) in [4.78, 5) is 17.5. The number of anilines is 1. The first-order valence-corrected chi connectivity index (χ1v) is 10.8. The Morgan fingerprint density at radius 3 is 2.16 bits per heavy atom. The third-order valence-corrected chi connectivity index (χ3v) is 6.21. The van der Waals surface area contributed by atoms with Crippen LogP contribution in [-0.4, -0.2) is 65.4 Å². The van der Waals surface area contributed by atoms with E-state index in [9.17, 15) is 4.79 Å². The summed E-state index contributed by atoms with van der Waals surface area (Å²) >= 11 is 0. The van der Waals surface area contributed by atoms with Crippen LogP contribution in [0.15, 0.2) is 35.9 Å². The minimum Gasteiger partial charge on any atom is -0.495 e. The molecule has 1 amide bonds. The van der Waals surface area contributed by atoms with Gasteiger partial charge in [0.15, 0.2) is 11.5 Å². The van der Waals surface area contributed by atoms with Crippen LogP contribution in [0.3, 0.4) is 0 Å². The van der Waals surface area contributed by atoms with Crippen molar-refractivity contribution < 1.29 is 23.7 Å². The third kappa shape index (κ3) is 3.95. The number of ether oxygens (including phenoxy) is 4. The number of nitrogens with zero attached hydrogens (tertiary/aromatic N) is 2. The molecule has 0 N–H and O–H groups in total. The number of benzene rings is 2. The smallest absolute Gasteiger partial charge is 0.249 e. The van der Waals surface area contributed by atoms with Crippen LogP contribution < -0.4 is 23.8 Å². The number of piperazine rings is 1. The van der Waals surface area contributed by atoms with Crippen molar-refractivity contribution in [2.45, 2.75) is 12.8 Å². The van der Waals surface area contributed by atoms with Crippen LogP contribution in [0.4, 0.5) is 5.69 Å². The van der Waals surface area contributed by atoms with E-state index in [0.717, 1.165) is 47.6 Å². The molecule has 1 saturated heterocycles. The second-order valence-electron chi connectivity index (χ2n) is 7.83. The Balaban J connectivity index is 1.51. The van der Waals surface area contributed by atoms with Gasteiger partial charge in [0.2, 0.25) is 11.7 Å². The molecule has 32 heavy (non-hydrogen) atoms. The van der Waals surface area contributed by atoms with Gasteiger partial charge in [0.1, 0.15) is 5.75 Å². The molecule has 170 valence electrons. The Kier molecular flexibility index (Phi) is 6.44. The number of para-hydroxylation sites is 2. The highest BCUT2D eigenvalue weighted by Crippen LogP contribution is 2.45. The van der Waals surface area contributed by atoms with Crippen molar-refractivity contribution in [2.24, 2.45) is 0 Å². The first kappa shape index (κ1) is 21.9. The van der Waals surface area contributed by atoms with Crippen molar-refractivity contribution in [3.8, 4) is 23.0 Å². The number of methoxy groups -OCH3 is 4. The molecule has 1 aliphatic carbocycles. The molecule has 0 bridgehead atoms. The minimum absolute atomic E-state index is 0.101. The van der Waals surface area contributed by atoms with Gasteiger partial charge in [-0.15, -0.1) is 0 Å². The molecule has 2 aromatic carbocycles. The molecule has 0 spiro atoms. The van der Waals surface area contributed by atoms with Crippen LogP contribution in [0.2, 0.25) is 0 Å². The molecule has 2 aliphatic rings. The van der Waals surface area contributed by atoms with E-state index < -0.39 is 0 Å². The first-order chi connectivity index (χ1) is 15.6. The number of amides is 1. The van der Waals surface area contributed by atoms with Crippen molar-refractivity contribution in [1.29, 1.82) is 0 Å². The molecule has 1 heterocycles. The van der Waals surface area contributed by atoms with E-state index in [1.165, 1.54) is 0 Å². The molecule has 7 heteroatoms. The molecular formula is C25H30N2O5. The predicted molar refractivity (Wildman–Crippen MR) is 124 cm³/mol. The Labute approximate surface area is 189 Å². The average molecular weight is 439 g/mol. The molecule has 0 aromatic heterocycles. The Morgan fingerprint density at radius 1 is 0.812 bits per heavy atom. The fourth-order valence-corrected chi connectivity index (χ4v) is 4.55. The van der Waals surface area contributed by atoms with Crippen LogP contribution in [0, 0.1) is 0 Å². The zero-order valence-corrected chi connectivity index (χ0v) is 19.1. The normalized spacial score (nSPS) is 15.6. The zero-order chi connectivity index (χ0) is 22.7. The fourth-order valence-electron chi connectivity index (χ4n) is 4.55. The maximum absolute atomic E-state index is 13.3. The van der Waals surface area contributed by atoms with Gasteiger partial charge in [-0.25, -0.2) is 0 Å². The monoisotopic (exact) mass is 438 g/mol. The molecule has 7 nitrogen and oxygen atoms in total. The maximum Gasteiger partial charge on any atom is 0.249 e. The Bertz CT molecular complexity index is 1030. The highest BCUT2D eigenvalue weighted by molar-refractivity contribution is 5.99. The highest BCUT2D eigenvalue weighted by atomic mass is 16.5. The number of hydrogen-bond donors (Lipinski definition) is 0. The van der Waals surface area contributed by atoms with Gasteiger partial charge < -0.3 is 28.7 Å². The summed E-state index contributed by atoms with van der Waals surface area (Å²) in [6.45, 7) is 2.90. The maximum atomic E-state index is 13.3. The number of hydrogen-bond acceptors (Lipinski definition) is 6. The molecule has 0 radical (unpaired) electrons. The molecule has 2 aromatic rings. The lowest BCUT2D eigenvalue weighted by Gasteiger charge is -2.37. The molecule has 0 atom stereocenters. The van der Waals surface area contributed by atoms with Crippen molar-refractivity contribution >= 4 is 17.7 Å². The lowest BCUT2D eigenvalue weighted by atomic mass is 9.90. The van der Waals surface area contributed by atoms with Gasteiger partial charge in [-0.1, -0.05) is 12.1 Å². The lowest BCUT2D eigenvalue weighted by molar-refractivity contribution is -0.127. The fraction of sp³-hybridized carbons (Fsp3) is 0.400. The van der Waals surface area contributed by atoms with Crippen LogP contribution in [-0.2, 0) is 11.2 Å². The summed E-state index contributed by atoms with van der Waals surface area (Å²) in [5.41, 5.74) is 3.88. The molecule has 1 fully saturated rings. The standard InChI is InChI=1S/C25H30N2O5/c1-29-21-8-6-5-7-20(21)26-11-13-27(14-12-26)25(28)17-9-10-19-18(15-17)16-22(30-2)24(32-4)23(19)31-3/h5-8,15-16H,9-14H2,1-4H3. The average Bonchev–Trinajstić information content (AvgIpc) is 2.86. The first-order valence-electron chi connectivity index (χ1n) is 10.8. The van der Waals surface area contributed by atoms with Crippen LogP contribution in [0.25, 0.3) is 6.08 Å². The number of fused-ring (bicyclic) bond motifs is 1. The Hall–Kier alpha value is -3.35. The van der Waals surface area contributed by atoms with E-state index in [2.05, 4.69) is 11.0 Å². The topological polar surface area (TPSA) is 60.5 Å². The van der Waals surface area contributed by atoms with Gasteiger partial charge in [-0.3, -0.25) is 4.79 Å². The van der Waals surface area contributed by atoms with Gasteiger partial charge in [0.25, 0.3) is 0 Å². The van der Waals surface area contributed by atoms with Crippen LogP contribution >= 0.6 is 0 Å². The van der Waals surface area contributed by atoms with Gasteiger partial charge in [-0.2, -0.15) is 0 Å². The van der Waals surface area contributed by atoms with E-state index in [1.807, 2.05) is 35.2 Å². The second kappa shape index (κ2) is 9.42. The van der Waals surface area contributed by atoms with Crippen LogP contribution in [0.5, 0.6) is 23.0 Å². The summed E-state index contributed by atoms with van der Waals surface area (Å²) in [7, 11) is 6.52. The number of carbonyl (C=O) groups excluding carboxylic acids is 1. The van der Waals surface area contributed by atoms with Crippen molar-refractivity contribution in [3.63, 3.8) is 0 Å². The summed E-state index contributed by atoms with van der Waals surface area (Å²) in [5.74, 6) is 2.82. The van der Waals surface area contributed by atoms with E-state index >= 15 is 0 Å². The summed E-state index contributed by atoms with van der Waals surface area (Å²) < 4.78 is 22.1. The van der Waals surface area contributed by atoms with Crippen molar-refractivity contribution in [3.05, 3.63) is 47.0 Å². The SMILES string of the molecule is COc1ccccc1N1CCN(C(=O)C2=Cc3cc(OC)c(OC)c(OC)c3CC2)CC1. The molecule has 4 rings (SSSR count). The van der Waals surface area contributed by atoms with E-state index in [1.54, 1.807) is 28.4 Å². The van der Waals surface area contributed by atoms with Gasteiger partial charge in [-0.05, 0) is 42.7 Å². The zero-order valence-electron chi connectivity index (χ0n) is 19.1. The minimum atomic E-state index is 0.101. The highest BCUT2D eigenvalue weighted by Gasteiger charge is 2.28. The summed E-state index contributed by atoms with van der Waals surface area (Å²) in [5, 5.41) is 0. The quantitative estimate of drug-likeness (QED) is 0.689. The van der Waals surface area contributed by atoms with E-state index in [4.69, 9.17) is 18.9 Å². The predicted octanol–water partition coefficient (Wildman–Crippen LogP) is 3.40.